The molecule has 27 heavy (non-hydrogen) atoms. The van der Waals surface area contributed by atoms with Crippen molar-refractivity contribution in [3.05, 3.63) is 59.7 Å². The van der Waals surface area contributed by atoms with E-state index in [1.165, 1.54) is 30.3 Å². The lowest BCUT2D eigenvalue weighted by molar-refractivity contribution is -0.123. The van der Waals surface area contributed by atoms with Crippen molar-refractivity contribution in [3.63, 3.8) is 0 Å². The molecule has 0 aliphatic heterocycles. The molecule has 2 rings (SSSR count). The number of carbonyl (C=O) groups excluding carboxylic acids is 2. The minimum absolute atomic E-state index is 0.0318. The van der Waals surface area contributed by atoms with Crippen LogP contribution in [0.25, 0.3) is 0 Å². The largest absolute Gasteiger partial charge is 0.484 e. The third kappa shape index (κ3) is 6.70. The van der Waals surface area contributed by atoms with E-state index in [4.69, 9.17) is 10.00 Å². The Kier molecular flexibility index (Phi) is 6.38. The Morgan fingerprint density at radius 1 is 1.11 bits per heavy atom. The molecule has 2 N–H and O–H groups in total. The molecule has 9 heteroatoms. The van der Waals surface area contributed by atoms with Gasteiger partial charge in [0.15, 0.2) is 6.61 Å². The predicted octanol–water partition coefficient (Wildman–Crippen LogP) is 2.87. The molecule has 0 fully saturated rings. The maximum Gasteiger partial charge on any atom is 0.405 e. The van der Waals surface area contributed by atoms with E-state index in [1.807, 2.05) is 6.07 Å². The molecule has 0 aromatic heterocycles. The fourth-order valence-corrected chi connectivity index (χ4v) is 2.00. The number of nitrogens with zero attached hydrogens (tertiary/aromatic N) is 1. The monoisotopic (exact) mass is 377 g/mol. The zero-order valence-corrected chi connectivity index (χ0v) is 13.8. The maximum absolute atomic E-state index is 12.1. The van der Waals surface area contributed by atoms with E-state index in [1.54, 1.807) is 23.5 Å². The van der Waals surface area contributed by atoms with Crippen LogP contribution in [0, 0.1) is 11.3 Å². The molecule has 2 amide bonds. The van der Waals surface area contributed by atoms with Crippen molar-refractivity contribution in [3.8, 4) is 11.8 Å². The van der Waals surface area contributed by atoms with Crippen molar-refractivity contribution >= 4 is 17.5 Å². The summed E-state index contributed by atoms with van der Waals surface area (Å²) in [6.45, 7) is -1.74. The second kappa shape index (κ2) is 8.71. The van der Waals surface area contributed by atoms with Gasteiger partial charge in [0.2, 0.25) is 0 Å². The van der Waals surface area contributed by atoms with Crippen molar-refractivity contribution in [1.82, 2.24) is 5.32 Å². The molecule has 0 saturated heterocycles. The number of amides is 2. The summed E-state index contributed by atoms with van der Waals surface area (Å²) < 4.78 is 41.5. The van der Waals surface area contributed by atoms with Crippen LogP contribution >= 0.6 is 0 Å². The van der Waals surface area contributed by atoms with E-state index in [0.29, 0.717) is 11.3 Å². The van der Waals surface area contributed by atoms with Crippen molar-refractivity contribution in [2.75, 3.05) is 18.5 Å². The number of anilines is 1. The fraction of sp³-hybridized carbons (Fsp3) is 0.167. The zero-order chi connectivity index (χ0) is 19.9. The summed E-state index contributed by atoms with van der Waals surface area (Å²) in [6.07, 6.45) is -4.49. The molecule has 0 bridgehead atoms. The number of hydrogen-bond donors (Lipinski definition) is 2. The molecule has 2 aromatic rings. The molecule has 0 aliphatic rings. The van der Waals surface area contributed by atoms with Crippen LogP contribution in [-0.2, 0) is 4.79 Å². The van der Waals surface area contributed by atoms with Crippen LogP contribution in [0.2, 0.25) is 0 Å². The lowest BCUT2D eigenvalue weighted by Gasteiger charge is -2.10. The Morgan fingerprint density at radius 3 is 2.44 bits per heavy atom. The lowest BCUT2D eigenvalue weighted by Crippen LogP contribution is -2.33. The van der Waals surface area contributed by atoms with Gasteiger partial charge in [-0.25, -0.2) is 0 Å². The summed E-state index contributed by atoms with van der Waals surface area (Å²) in [5, 5.41) is 13.1. The van der Waals surface area contributed by atoms with Crippen LogP contribution in [0.5, 0.6) is 5.75 Å². The standard InChI is InChI=1S/C18H14F3N3O3/c19-18(20,21)11-23-17(26)13-4-6-15(7-5-13)27-10-16(25)24-14-3-1-2-12(8-14)9-22/h1-8H,10-11H2,(H,23,26)(H,24,25). The molecule has 0 aliphatic carbocycles. The van der Waals surface area contributed by atoms with Gasteiger partial charge in [-0.2, -0.15) is 18.4 Å². The minimum atomic E-state index is -4.49. The molecule has 6 nitrogen and oxygen atoms in total. The number of halogens is 3. The van der Waals surface area contributed by atoms with Crippen LogP contribution < -0.4 is 15.4 Å². The smallest absolute Gasteiger partial charge is 0.405 e. The highest BCUT2D eigenvalue weighted by molar-refractivity contribution is 5.94. The molecule has 0 unspecified atom stereocenters. The van der Waals surface area contributed by atoms with Crippen molar-refractivity contribution in [1.29, 1.82) is 5.26 Å². The predicted molar refractivity (Wildman–Crippen MR) is 90.1 cm³/mol. The van der Waals surface area contributed by atoms with Crippen molar-refractivity contribution < 1.29 is 27.5 Å². The third-order valence-electron chi connectivity index (χ3n) is 3.21. The van der Waals surface area contributed by atoms with Crippen LogP contribution in [0.4, 0.5) is 18.9 Å². The van der Waals surface area contributed by atoms with Gasteiger partial charge in [-0.1, -0.05) is 6.07 Å². The summed E-state index contributed by atoms with van der Waals surface area (Å²) in [5.74, 6) is -1.06. The molecule has 2 aromatic carbocycles. The summed E-state index contributed by atoms with van der Waals surface area (Å²) in [7, 11) is 0. The highest BCUT2D eigenvalue weighted by Crippen LogP contribution is 2.15. The van der Waals surface area contributed by atoms with Gasteiger partial charge in [-0.3, -0.25) is 9.59 Å². The first-order valence-electron chi connectivity index (χ1n) is 7.64. The Balaban J connectivity index is 1.84. The van der Waals surface area contributed by atoms with Gasteiger partial charge in [0.05, 0.1) is 11.6 Å². The Morgan fingerprint density at radius 2 is 1.81 bits per heavy atom. The highest BCUT2D eigenvalue weighted by atomic mass is 19.4. The van der Waals surface area contributed by atoms with Crippen LogP contribution in [0.3, 0.4) is 0 Å². The molecule has 0 atom stereocenters. The number of rotatable bonds is 6. The highest BCUT2D eigenvalue weighted by Gasteiger charge is 2.27. The van der Waals surface area contributed by atoms with E-state index in [9.17, 15) is 22.8 Å². The quantitative estimate of drug-likeness (QED) is 0.810. The number of nitrogens with one attached hydrogen (secondary N) is 2. The third-order valence-corrected chi connectivity index (χ3v) is 3.21. The van der Waals surface area contributed by atoms with E-state index in [2.05, 4.69) is 5.32 Å². The van der Waals surface area contributed by atoms with Crippen LogP contribution in [0.1, 0.15) is 15.9 Å². The summed E-state index contributed by atoms with van der Waals surface area (Å²) in [6, 6.07) is 13.6. The lowest BCUT2D eigenvalue weighted by atomic mass is 10.2. The molecule has 0 spiro atoms. The fourth-order valence-electron chi connectivity index (χ4n) is 2.00. The first-order valence-corrected chi connectivity index (χ1v) is 7.64. The van der Waals surface area contributed by atoms with Crippen molar-refractivity contribution in [2.45, 2.75) is 6.18 Å². The van der Waals surface area contributed by atoms with E-state index in [0.717, 1.165) is 0 Å². The average molecular weight is 377 g/mol. The Hall–Kier alpha value is -3.54. The number of hydrogen-bond acceptors (Lipinski definition) is 4. The normalized spacial score (nSPS) is 10.6. The maximum atomic E-state index is 12.1. The minimum Gasteiger partial charge on any atom is -0.484 e. The number of alkyl halides is 3. The molecule has 140 valence electrons. The van der Waals surface area contributed by atoms with Gasteiger partial charge in [-0.15, -0.1) is 0 Å². The Labute approximate surface area is 152 Å². The number of benzene rings is 2. The topological polar surface area (TPSA) is 91.2 Å². The zero-order valence-electron chi connectivity index (χ0n) is 13.8. The van der Waals surface area contributed by atoms with Crippen LogP contribution in [0.15, 0.2) is 48.5 Å². The Bertz CT molecular complexity index is 859. The number of carbonyl (C=O) groups is 2. The molecular formula is C18H14F3N3O3. The second-order valence-electron chi connectivity index (χ2n) is 5.35. The first kappa shape index (κ1) is 19.8. The summed E-state index contributed by atoms with van der Waals surface area (Å²) in [5.41, 5.74) is 0.872. The van der Waals surface area contributed by atoms with E-state index < -0.39 is 24.5 Å². The SMILES string of the molecule is N#Cc1cccc(NC(=O)COc2ccc(C(=O)NCC(F)(F)F)cc2)c1. The first-order chi connectivity index (χ1) is 12.8. The number of ether oxygens (including phenoxy) is 1. The molecule has 0 radical (unpaired) electrons. The van der Waals surface area contributed by atoms with Crippen LogP contribution in [-0.4, -0.2) is 31.1 Å². The van der Waals surface area contributed by atoms with Gasteiger partial charge in [0.1, 0.15) is 12.3 Å². The second-order valence-corrected chi connectivity index (χ2v) is 5.35. The molecular weight excluding hydrogens is 363 g/mol. The van der Waals surface area contributed by atoms with Gasteiger partial charge in [-0.05, 0) is 42.5 Å². The average Bonchev–Trinajstić information content (AvgIpc) is 2.64. The van der Waals surface area contributed by atoms with Gasteiger partial charge in [0.25, 0.3) is 11.8 Å². The van der Waals surface area contributed by atoms with Gasteiger partial charge in [0, 0.05) is 11.3 Å². The summed E-state index contributed by atoms with van der Waals surface area (Å²) in [4.78, 5) is 23.4. The summed E-state index contributed by atoms with van der Waals surface area (Å²) >= 11 is 0. The number of nitriles is 1. The van der Waals surface area contributed by atoms with Gasteiger partial charge >= 0.3 is 6.18 Å². The van der Waals surface area contributed by atoms with Gasteiger partial charge < -0.3 is 15.4 Å². The van der Waals surface area contributed by atoms with Crippen molar-refractivity contribution in [2.24, 2.45) is 0 Å². The van der Waals surface area contributed by atoms with E-state index >= 15 is 0 Å². The molecule has 0 heterocycles. The van der Waals surface area contributed by atoms with E-state index in [-0.39, 0.29) is 17.9 Å². The molecule has 0 saturated carbocycles.